The number of carbonyl (C=O) groups is 1. The van der Waals surface area contributed by atoms with E-state index in [-0.39, 0.29) is 5.97 Å². The number of hydrogen-bond acceptors (Lipinski definition) is 4. The quantitative estimate of drug-likeness (QED) is 0.512. The van der Waals surface area contributed by atoms with E-state index in [0.29, 0.717) is 31.8 Å². The van der Waals surface area contributed by atoms with Gasteiger partial charge in [0, 0.05) is 19.1 Å². The Bertz CT molecular complexity index is 291. The molecule has 0 spiro atoms. The molecule has 16 heavy (non-hydrogen) atoms. The summed E-state index contributed by atoms with van der Waals surface area (Å²) in [6, 6.07) is 0. The zero-order chi connectivity index (χ0) is 11.8. The Kier molecular flexibility index (Phi) is 5.64. The minimum atomic E-state index is -0.260. The Morgan fingerprint density at radius 3 is 2.69 bits per heavy atom. The zero-order valence-corrected chi connectivity index (χ0v) is 9.82. The summed E-state index contributed by atoms with van der Waals surface area (Å²) < 4.78 is 15.2. The van der Waals surface area contributed by atoms with Crippen LogP contribution in [0.4, 0.5) is 0 Å². The van der Waals surface area contributed by atoms with Gasteiger partial charge in [-0.2, -0.15) is 0 Å². The Morgan fingerprint density at radius 1 is 1.31 bits per heavy atom. The molecule has 0 atom stereocenters. The average molecular weight is 226 g/mol. The maximum atomic E-state index is 11.5. The fraction of sp³-hybridized carbons (Fsp3) is 0.583. The van der Waals surface area contributed by atoms with Gasteiger partial charge in [0.2, 0.25) is 0 Å². The highest BCUT2D eigenvalue weighted by Gasteiger charge is 2.14. The smallest absolute Gasteiger partial charge is 0.334 e. The first-order valence-electron chi connectivity index (χ1n) is 5.46. The van der Waals surface area contributed by atoms with E-state index in [9.17, 15) is 4.79 Å². The molecule has 0 heterocycles. The van der Waals surface area contributed by atoms with E-state index in [4.69, 9.17) is 14.2 Å². The first kappa shape index (κ1) is 12.8. The van der Waals surface area contributed by atoms with Gasteiger partial charge in [-0.15, -0.1) is 0 Å². The lowest BCUT2D eigenvalue weighted by Crippen LogP contribution is -2.13. The van der Waals surface area contributed by atoms with Crippen LogP contribution < -0.4 is 0 Å². The van der Waals surface area contributed by atoms with E-state index >= 15 is 0 Å². The molecule has 4 nitrogen and oxygen atoms in total. The second kappa shape index (κ2) is 7.06. The van der Waals surface area contributed by atoms with Crippen molar-refractivity contribution in [2.24, 2.45) is 0 Å². The lowest BCUT2D eigenvalue weighted by molar-refractivity contribution is -0.140. The van der Waals surface area contributed by atoms with E-state index < -0.39 is 0 Å². The fourth-order valence-electron chi connectivity index (χ4n) is 1.40. The molecular formula is C12H18O4. The third kappa shape index (κ3) is 4.06. The minimum Gasteiger partial charge on any atom is -0.498 e. The van der Waals surface area contributed by atoms with E-state index in [0.717, 1.165) is 12.2 Å². The number of esters is 1. The summed E-state index contributed by atoms with van der Waals surface area (Å²) in [6.45, 7) is 3.33. The lowest BCUT2D eigenvalue weighted by atomic mass is 10.0. The topological polar surface area (TPSA) is 44.8 Å². The van der Waals surface area contributed by atoms with Gasteiger partial charge in [-0.25, -0.2) is 4.79 Å². The van der Waals surface area contributed by atoms with Crippen LogP contribution in [0.3, 0.4) is 0 Å². The van der Waals surface area contributed by atoms with E-state index in [1.54, 1.807) is 13.2 Å². The summed E-state index contributed by atoms with van der Waals surface area (Å²) in [6.07, 6.45) is 5.04. The van der Waals surface area contributed by atoms with Gasteiger partial charge < -0.3 is 14.2 Å². The third-order valence-electron chi connectivity index (χ3n) is 2.22. The molecule has 0 radical (unpaired) electrons. The van der Waals surface area contributed by atoms with Crippen molar-refractivity contribution in [1.29, 1.82) is 0 Å². The Hall–Kier alpha value is -1.29. The average Bonchev–Trinajstić information content (AvgIpc) is 2.30. The first-order chi connectivity index (χ1) is 7.77. The molecule has 0 aliphatic heterocycles. The molecule has 0 saturated heterocycles. The fourth-order valence-corrected chi connectivity index (χ4v) is 1.40. The maximum absolute atomic E-state index is 11.5. The van der Waals surface area contributed by atoms with Crippen molar-refractivity contribution < 1.29 is 19.0 Å². The molecule has 0 unspecified atom stereocenters. The molecule has 0 N–H and O–H groups in total. The van der Waals surface area contributed by atoms with Crippen LogP contribution >= 0.6 is 0 Å². The highest BCUT2D eigenvalue weighted by atomic mass is 16.6. The van der Waals surface area contributed by atoms with Crippen LogP contribution in [0.2, 0.25) is 0 Å². The molecule has 0 bridgehead atoms. The summed E-state index contributed by atoms with van der Waals surface area (Å²) in [5.74, 6) is 0.666. The van der Waals surface area contributed by atoms with E-state index in [2.05, 4.69) is 0 Å². The van der Waals surface area contributed by atoms with Crippen molar-refractivity contribution in [3.8, 4) is 0 Å². The normalized spacial score (nSPS) is 15.1. The largest absolute Gasteiger partial charge is 0.498 e. The number of carbonyl (C=O) groups excluding carboxylic acids is 1. The maximum Gasteiger partial charge on any atom is 0.334 e. The molecule has 0 fully saturated rings. The second-order valence-corrected chi connectivity index (χ2v) is 3.39. The van der Waals surface area contributed by atoms with Gasteiger partial charge in [0.1, 0.15) is 6.61 Å². The Labute approximate surface area is 95.9 Å². The van der Waals surface area contributed by atoms with Gasteiger partial charge in [0.25, 0.3) is 0 Å². The molecule has 1 rings (SSSR count). The molecule has 90 valence electrons. The van der Waals surface area contributed by atoms with Crippen molar-refractivity contribution in [1.82, 2.24) is 0 Å². The van der Waals surface area contributed by atoms with E-state index in [1.165, 1.54) is 0 Å². The highest BCUT2D eigenvalue weighted by Crippen LogP contribution is 2.19. The van der Waals surface area contributed by atoms with E-state index in [1.807, 2.05) is 13.0 Å². The first-order valence-corrected chi connectivity index (χ1v) is 5.46. The van der Waals surface area contributed by atoms with Crippen LogP contribution in [-0.2, 0) is 19.0 Å². The molecule has 0 aromatic heterocycles. The molecule has 0 aromatic carbocycles. The van der Waals surface area contributed by atoms with Crippen molar-refractivity contribution in [3.63, 3.8) is 0 Å². The van der Waals surface area contributed by atoms with Crippen molar-refractivity contribution in [3.05, 3.63) is 23.5 Å². The molecule has 0 amide bonds. The van der Waals surface area contributed by atoms with Crippen LogP contribution in [0.5, 0.6) is 0 Å². The molecule has 4 heteroatoms. The third-order valence-corrected chi connectivity index (χ3v) is 2.22. The summed E-state index contributed by atoms with van der Waals surface area (Å²) >= 11 is 0. The van der Waals surface area contributed by atoms with Crippen LogP contribution in [0, 0.1) is 0 Å². The summed E-state index contributed by atoms with van der Waals surface area (Å²) in [5, 5.41) is 0. The number of methoxy groups -OCH3 is 1. The van der Waals surface area contributed by atoms with Crippen LogP contribution in [0.15, 0.2) is 23.5 Å². The SMILES string of the molecule is CCOC1=CC=C(C(=O)OCCOC)CC1. The molecular weight excluding hydrogens is 208 g/mol. The van der Waals surface area contributed by atoms with Gasteiger partial charge >= 0.3 is 5.97 Å². The molecule has 1 aliphatic carbocycles. The Balaban J connectivity index is 2.40. The summed E-state index contributed by atoms with van der Waals surface area (Å²) in [4.78, 5) is 11.5. The number of hydrogen-bond donors (Lipinski definition) is 0. The zero-order valence-electron chi connectivity index (χ0n) is 9.82. The van der Waals surface area contributed by atoms with Gasteiger partial charge in [-0.05, 0) is 25.5 Å². The monoisotopic (exact) mass is 226 g/mol. The predicted molar refractivity (Wildman–Crippen MR) is 59.9 cm³/mol. The molecule has 0 saturated carbocycles. The predicted octanol–water partition coefficient (Wildman–Crippen LogP) is 1.82. The van der Waals surface area contributed by atoms with Crippen LogP contribution in [0.25, 0.3) is 0 Å². The second-order valence-electron chi connectivity index (χ2n) is 3.39. The number of rotatable bonds is 6. The van der Waals surface area contributed by atoms with Gasteiger partial charge in [-0.1, -0.05) is 0 Å². The standard InChI is InChI=1S/C12H18O4/c1-3-15-11-6-4-10(5-7-11)12(13)16-9-8-14-2/h4,6H,3,5,7-9H2,1-2H3. The van der Waals surface area contributed by atoms with Gasteiger partial charge in [0.05, 0.1) is 19.0 Å². The lowest BCUT2D eigenvalue weighted by Gasteiger charge is -2.14. The molecule has 0 aromatic rings. The Morgan fingerprint density at radius 2 is 2.12 bits per heavy atom. The van der Waals surface area contributed by atoms with Gasteiger partial charge in [-0.3, -0.25) is 0 Å². The highest BCUT2D eigenvalue weighted by molar-refractivity contribution is 5.89. The summed E-state index contributed by atoms with van der Waals surface area (Å²) in [5.41, 5.74) is 0.694. The number of ether oxygens (including phenoxy) is 3. The van der Waals surface area contributed by atoms with Crippen molar-refractivity contribution >= 4 is 5.97 Å². The minimum absolute atomic E-state index is 0.260. The van der Waals surface area contributed by atoms with Crippen molar-refractivity contribution in [2.45, 2.75) is 19.8 Å². The van der Waals surface area contributed by atoms with Gasteiger partial charge in [0.15, 0.2) is 0 Å². The number of allylic oxidation sites excluding steroid dienone is 3. The molecule has 1 aliphatic rings. The van der Waals surface area contributed by atoms with Crippen LogP contribution in [0.1, 0.15) is 19.8 Å². The summed E-state index contributed by atoms with van der Waals surface area (Å²) in [7, 11) is 1.57. The van der Waals surface area contributed by atoms with Crippen LogP contribution in [-0.4, -0.2) is 32.9 Å². The van der Waals surface area contributed by atoms with Crippen molar-refractivity contribution in [2.75, 3.05) is 26.9 Å².